The molecule has 166 valence electrons. The number of nitrogens with one attached hydrogen (secondary N) is 1. The average Bonchev–Trinajstić information content (AvgIpc) is 2.80. The molecule has 6 nitrogen and oxygen atoms in total. The fraction of sp³-hybridized carbons (Fsp3) is 0.115. The minimum atomic E-state index is -0.534. The Balaban J connectivity index is 1.44. The van der Waals surface area contributed by atoms with Crippen LogP contribution in [0.4, 0.5) is 0 Å². The van der Waals surface area contributed by atoms with E-state index in [9.17, 15) is 14.4 Å². The predicted octanol–water partition coefficient (Wildman–Crippen LogP) is 5.15. The van der Waals surface area contributed by atoms with Gasteiger partial charge in [0.05, 0.1) is 28.0 Å². The van der Waals surface area contributed by atoms with Crippen LogP contribution in [0.1, 0.15) is 22.5 Å². The molecule has 0 saturated heterocycles. The summed E-state index contributed by atoms with van der Waals surface area (Å²) < 4.78 is 11.2. The van der Waals surface area contributed by atoms with Gasteiger partial charge in [-0.15, -0.1) is 0 Å². The van der Waals surface area contributed by atoms with Crippen LogP contribution in [-0.4, -0.2) is 18.4 Å². The van der Waals surface area contributed by atoms with Gasteiger partial charge in [0.2, 0.25) is 5.43 Å². The predicted molar refractivity (Wildman–Crippen MR) is 127 cm³/mol. The molecule has 4 aromatic rings. The number of amides is 1. The first-order valence-electron chi connectivity index (χ1n) is 10.3. The fourth-order valence-electron chi connectivity index (χ4n) is 3.49. The van der Waals surface area contributed by atoms with Crippen LogP contribution >= 0.6 is 11.6 Å². The average molecular weight is 462 g/mol. The lowest BCUT2D eigenvalue weighted by Gasteiger charge is -2.09. The maximum atomic E-state index is 13.0. The molecular formula is C26H20ClNO5. The normalized spacial score (nSPS) is 10.7. The van der Waals surface area contributed by atoms with E-state index in [1.807, 2.05) is 30.3 Å². The number of aryl methyl sites for hydroxylation is 1. The van der Waals surface area contributed by atoms with E-state index in [-0.39, 0.29) is 30.1 Å². The van der Waals surface area contributed by atoms with Crippen molar-refractivity contribution in [2.75, 3.05) is 6.54 Å². The van der Waals surface area contributed by atoms with Crippen LogP contribution in [0.15, 0.2) is 82.0 Å². The van der Waals surface area contributed by atoms with Crippen LogP contribution in [0.25, 0.3) is 22.1 Å². The van der Waals surface area contributed by atoms with Crippen LogP contribution < -0.4 is 15.5 Å². The largest absolute Gasteiger partial charge is 0.460 e. The van der Waals surface area contributed by atoms with Crippen molar-refractivity contribution in [3.05, 3.63) is 99.4 Å². The number of ether oxygens (including phenoxy) is 1. The lowest BCUT2D eigenvalue weighted by atomic mass is 10.0. The maximum Gasteiger partial charge on any atom is 0.312 e. The molecule has 0 aliphatic rings. The van der Waals surface area contributed by atoms with Gasteiger partial charge in [-0.25, -0.2) is 0 Å². The highest BCUT2D eigenvalue weighted by atomic mass is 35.5. The van der Waals surface area contributed by atoms with Crippen LogP contribution in [0.2, 0.25) is 5.02 Å². The third-order valence-electron chi connectivity index (χ3n) is 5.07. The Kier molecular flexibility index (Phi) is 6.56. The number of rotatable bonds is 6. The van der Waals surface area contributed by atoms with Gasteiger partial charge in [-0.2, -0.15) is 0 Å². The fourth-order valence-corrected chi connectivity index (χ4v) is 3.71. The van der Waals surface area contributed by atoms with Gasteiger partial charge in [-0.1, -0.05) is 54.1 Å². The molecular weight excluding hydrogens is 442 g/mol. The zero-order valence-corrected chi connectivity index (χ0v) is 18.5. The zero-order valence-electron chi connectivity index (χ0n) is 17.8. The number of carbonyl (C=O) groups is 2. The Morgan fingerprint density at radius 2 is 1.73 bits per heavy atom. The van der Waals surface area contributed by atoms with E-state index >= 15 is 0 Å². The van der Waals surface area contributed by atoms with Gasteiger partial charge in [0, 0.05) is 12.6 Å². The van der Waals surface area contributed by atoms with Crippen molar-refractivity contribution < 1.29 is 18.7 Å². The van der Waals surface area contributed by atoms with Gasteiger partial charge in [-0.3, -0.25) is 14.4 Å². The SMILES string of the molecule is Cc1oc2cc(OC(=O)CCNC(=O)c3ccccc3Cl)ccc2c(=O)c1-c1ccccc1. The number of benzene rings is 3. The van der Waals surface area contributed by atoms with E-state index in [1.54, 1.807) is 43.3 Å². The first-order chi connectivity index (χ1) is 15.9. The van der Waals surface area contributed by atoms with Crippen molar-refractivity contribution in [3.63, 3.8) is 0 Å². The summed E-state index contributed by atoms with van der Waals surface area (Å²) >= 11 is 6.00. The molecule has 1 amide bonds. The molecule has 1 N–H and O–H groups in total. The minimum Gasteiger partial charge on any atom is -0.460 e. The molecule has 0 radical (unpaired) electrons. The van der Waals surface area contributed by atoms with Gasteiger partial charge < -0.3 is 14.5 Å². The molecule has 4 rings (SSSR count). The molecule has 0 spiro atoms. The third kappa shape index (κ3) is 4.96. The molecule has 0 saturated carbocycles. The number of hydrogen-bond donors (Lipinski definition) is 1. The number of halogens is 1. The molecule has 0 aliphatic carbocycles. The molecule has 33 heavy (non-hydrogen) atoms. The van der Waals surface area contributed by atoms with Crippen molar-refractivity contribution in [3.8, 4) is 16.9 Å². The number of hydrogen-bond acceptors (Lipinski definition) is 5. The summed E-state index contributed by atoms with van der Waals surface area (Å²) in [6.07, 6.45) is -0.0375. The Morgan fingerprint density at radius 3 is 2.48 bits per heavy atom. The summed E-state index contributed by atoms with van der Waals surface area (Å²) in [6.45, 7) is 1.81. The van der Waals surface area contributed by atoms with Gasteiger partial charge in [0.15, 0.2) is 0 Å². The molecule has 1 heterocycles. The Morgan fingerprint density at radius 1 is 1.00 bits per heavy atom. The highest BCUT2D eigenvalue weighted by Gasteiger charge is 2.15. The second kappa shape index (κ2) is 9.71. The first kappa shape index (κ1) is 22.3. The van der Waals surface area contributed by atoms with Gasteiger partial charge in [-0.05, 0) is 36.8 Å². The van der Waals surface area contributed by atoms with Crippen molar-refractivity contribution in [2.45, 2.75) is 13.3 Å². The monoisotopic (exact) mass is 461 g/mol. The van der Waals surface area contributed by atoms with Gasteiger partial charge >= 0.3 is 5.97 Å². The highest BCUT2D eigenvalue weighted by molar-refractivity contribution is 6.33. The van der Waals surface area contributed by atoms with E-state index in [2.05, 4.69) is 5.32 Å². The van der Waals surface area contributed by atoms with E-state index in [4.69, 9.17) is 20.8 Å². The third-order valence-corrected chi connectivity index (χ3v) is 5.40. The van der Waals surface area contributed by atoms with Crippen molar-refractivity contribution in [2.24, 2.45) is 0 Å². The van der Waals surface area contributed by atoms with Gasteiger partial charge in [0.25, 0.3) is 5.91 Å². The molecule has 0 aliphatic heterocycles. The van der Waals surface area contributed by atoms with Crippen molar-refractivity contribution in [1.29, 1.82) is 0 Å². The van der Waals surface area contributed by atoms with E-state index in [0.29, 0.717) is 32.9 Å². The number of carbonyl (C=O) groups excluding carboxylic acids is 2. The van der Waals surface area contributed by atoms with Crippen LogP contribution in [-0.2, 0) is 4.79 Å². The molecule has 0 bridgehead atoms. The van der Waals surface area contributed by atoms with Gasteiger partial charge in [0.1, 0.15) is 17.1 Å². The maximum absolute atomic E-state index is 13.0. The lowest BCUT2D eigenvalue weighted by Crippen LogP contribution is -2.27. The van der Waals surface area contributed by atoms with Crippen LogP contribution in [0.3, 0.4) is 0 Å². The van der Waals surface area contributed by atoms with Crippen molar-refractivity contribution in [1.82, 2.24) is 5.32 Å². The molecule has 1 aromatic heterocycles. The standard InChI is InChI=1S/C26H20ClNO5/c1-16-24(17-7-3-2-4-8-17)25(30)20-12-11-18(15-22(20)32-16)33-23(29)13-14-28-26(31)19-9-5-6-10-21(19)27/h2-12,15H,13-14H2,1H3,(H,28,31). The molecule has 7 heteroatoms. The number of fused-ring (bicyclic) bond motifs is 1. The quantitative estimate of drug-likeness (QED) is 0.317. The van der Waals surface area contributed by atoms with E-state index < -0.39 is 5.97 Å². The molecule has 0 atom stereocenters. The molecule has 0 unspecified atom stereocenters. The lowest BCUT2D eigenvalue weighted by molar-refractivity contribution is -0.134. The summed E-state index contributed by atoms with van der Waals surface area (Å²) in [5.74, 6) is -0.177. The second-order valence-corrected chi connectivity index (χ2v) is 7.75. The summed E-state index contributed by atoms with van der Waals surface area (Å²) in [7, 11) is 0. The summed E-state index contributed by atoms with van der Waals surface area (Å²) in [5, 5.41) is 3.37. The Bertz CT molecular complexity index is 1400. The topological polar surface area (TPSA) is 85.6 Å². The smallest absolute Gasteiger partial charge is 0.312 e. The zero-order chi connectivity index (χ0) is 23.4. The van der Waals surface area contributed by atoms with Crippen LogP contribution in [0.5, 0.6) is 5.75 Å². The first-order valence-corrected chi connectivity index (χ1v) is 10.7. The van der Waals surface area contributed by atoms with Crippen molar-refractivity contribution >= 4 is 34.4 Å². The minimum absolute atomic E-state index is 0.0375. The Hall–Kier alpha value is -3.90. The summed E-state index contributed by atoms with van der Waals surface area (Å²) in [6, 6.07) is 20.6. The van der Waals surface area contributed by atoms with E-state index in [1.165, 1.54) is 6.07 Å². The number of esters is 1. The van der Waals surface area contributed by atoms with Crippen LogP contribution in [0, 0.1) is 6.92 Å². The highest BCUT2D eigenvalue weighted by Crippen LogP contribution is 2.26. The molecule has 3 aromatic carbocycles. The second-order valence-electron chi connectivity index (χ2n) is 7.35. The summed E-state index contributed by atoms with van der Waals surface area (Å²) in [5.41, 5.74) is 1.79. The molecule has 0 fully saturated rings. The summed E-state index contributed by atoms with van der Waals surface area (Å²) in [4.78, 5) is 37.4. The Labute approximate surface area is 194 Å². The van der Waals surface area contributed by atoms with E-state index in [0.717, 1.165) is 5.56 Å².